The number of nitrogens with one attached hydrogen (secondary N) is 2. The number of rotatable bonds is 4. The molecule has 1 aromatic carbocycles. The van der Waals surface area contributed by atoms with Gasteiger partial charge in [0.1, 0.15) is 5.82 Å². The van der Waals surface area contributed by atoms with Crippen LogP contribution in [-0.2, 0) is 9.59 Å². The molecule has 5 heteroatoms. The van der Waals surface area contributed by atoms with Gasteiger partial charge in [0, 0.05) is 11.0 Å². The van der Waals surface area contributed by atoms with Crippen LogP contribution in [0.1, 0.15) is 39.3 Å². The Morgan fingerprint density at radius 2 is 1.85 bits per heavy atom. The standard InChI is InChI=1S/C15H21FN2O2/c1-10(11-7-5-6-8-12(11)16)18-13(19)9-17-14(20)15(2,3)4/h5-8,10H,9H2,1-4H3,(H,17,20)(H,18,19). The first-order chi connectivity index (χ1) is 9.21. The molecule has 0 radical (unpaired) electrons. The van der Waals surface area contributed by atoms with Gasteiger partial charge in [-0.2, -0.15) is 0 Å². The molecule has 2 N–H and O–H groups in total. The predicted molar refractivity (Wildman–Crippen MR) is 75.4 cm³/mol. The molecule has 1 rings (SSSR count). The molecule has 0 saturated heterocycles. The van der Waals surface area contributed by atoms with Gasteiger partial charge in [-0.1, -0.05) is 39.0 Å². The minimum absolute atomic E-state index is 0.116. The van der Waals surface area contributed by atoms with Crippen molar-refractivity contribution < 1.29 is 14.0 Å². The zero-order valence-corrected chi connectivity index (χ0v) is 12.3. The molecule has 1 unspecified atom stereocenters. The highest BCUT2D eigenvalue weighted by Gasteiger charge is 2.21. The first-order valence-corrected chi connectivity index (χ1v) is 6.54. The van der Waals surface area contributed by atoms with E-state index in [-0.39, 0.29) is 24.2 Å². The van der Waals surface area contributed by atoms with Gasteiger partial charge in [-0.25, -0.2) is 4.39 Å². The molecule has 1 aromatic rings. The topological polar surface area (TPSA) is 58.2 Å². The summed E-state index contributed by atoms with van der Waals surface area (Å²) in [6, 6.07) is 5.82. The van der Waals surface area contributed by atoms with E-state index < -0.39 is 11.5 Å². The smallest absolute Gasteiger partial charge is 0.239 e. The maximum atomic E-state index is 13.5. The van der Waals surface area contributed by atoms with Crippen LogP contribution < -0.4 is 10.6 Å². The molecule has 20 heavy (non-hydrogen) atoms. The van der Waals surface area contributed by atoms with Crippen LogP contribution in [0.5, 0.6) is 0 Å². The third-order valence-corrected chi connectivity index (χ3v) is 2.84. The molecule has 2 amide bonds. The van der Waals surface area contributed by atoms with Gasteiger partial charge in [0.25, 0.3) is 0 Å². The lowest BCUT2D eigenvalue weighted by molar-refractivity contribution is -0.131. The largest absolute Gasteiger partial charge is 0.348 e. The summed E-state index contributed by atoms with van der Waals surface area (Å²) in [4.78, 5) is 23.3. The molecule has 110 valence electrons. The van der Waals surface area contributed by atoms with E-state index in [9.17, 15) is 14.0 Å². The van der Waals surface area contributed by atoms with Crippen molar-refractivity contribution in [3.05, 3.63) is 35.6 Å². The summed E-state index contributed by atoms with van der Waals surface area (Å²) in [5, 5.41) is 5.20. The summed E-state index contributed by atoms with van der Waals surface area (Å²) >= 11 is 0. The summed E-state index contributed by atoms with van der Waals surface area (Å²) in [5.74, 6) is -0.913. The van der Waals surface area contributed by atoms with E-state index >= 15 is 0 Å². The van der Waals surface area contributed by atoms with Gasteiger partial charge in [-0.05, 0) is 13.0 Å². The third kappa shape index (κ3) is 4.64. The minimum Gasteiger partial charge on any atom is -0.348 e. The molecule has 0 aromatic heterocycles. The fraction of sp³-hybridized carbons (Fsp3) is 0.467. The first kappa shape index (κ1) is 16.1. The SMILES string of the molecule is CC(NC(=O)CNC(=O)C(C)(C)C)c1ccccc1F. The van der Waals surface area contributed by atoms with Gasteiger partial charge in [0.05, 0.1) is 12.6 Å². The maximum Gasteiger partial charge on any atom is 0.239 e. The lowest BCUT2D eigenvalue weighted by Crippen LogP contribution is -2.42. The molecular weight excluding hydrogens is 259 g/mol. The quantitative estimate of drug-likeness (QED) is 0.888. The molecular formula is C15H21FN2O2. The fourth-order valence-electron chi connectivity index (χ4n) is 1.62. The van der Waals surface area contributed by atoms with Crippen LogP contribution in [0.2, 0.25) is 0 Å². The molecule has 0 aliphatic carbocycles. The summed E-state index contributed by atoms with van der Waals surface area (Å²) in [7, 11) is 0. The van der Waals surface area contributed by atoms with Crippen LogP contribution in [0.4, 0.5) is 4.39 Å². The van der Waals surface area contributed by atoms with E-state index in [4.69, 9.17) is 0 Å². The summed E-state index contributed by atoms with van der Waals surface area (Å²) in [6.45, 7) is 6.88. The second-order valence-corrected chi connectivity index (χ2v) is 5.74. The van der Waals surface area contributed by atoms with Crippen molar-refractivity contribution in [2.75, 3.05) is 6.54 Å². The average molecular weight is 280 g/mol. The highest BCUT2D eigenvalue weighted by molar-refractivity contribution is 5.87. The Balaban J connectivity index is 2.51. The zero-order chi connectivity index (χ0) is 15.3. The van der Waals surface area contributed by atoms with Crippen molar-refractivity contribution in [1.29, 1.82) is 0 Å². The predicted octanol–water partition coefficient (Wildman–Crippen LogP) is 2.17. The van der Waals surface area contributed by atoms with E-state index in [0.29, 0.717) is 5.56 Å². The van der Waals surface area contributed by atoms with Crippen molar-refractivity contribution in [2.45, 2.75) is 33.7 Å². The molecule has 0 fully saturated rings. The number of hydrogen-bond donors (Lipinski definition) is 2. The average Bonchev–Trinajstić information content (AvgIpc) is 2.35. The summed E-state index contributed by atoms with van der Waals surface area (Å²) in [5.41, 5.74) is -0.125. The number of halogens is 1. The van der Waals surface area contributed by atoms with Crippen LogP contribution in [0, 0.1) is 11.2 Å². The van der Waals surface area contributed by atoms with Crippen LogP contribution in [-0.4, -0.2) is 18.4 Å². The Morgan fingerprint density at radius 3 is 2.40 bits per heavy atom. The van der Waals surface area contributed by atoms with Crippen molar-refractivity contribution in [1.82, 2.24) is 10.6 Å². The van der Waals surface area contributed by atoms with Gasteiger partial charge in [0.2, 0.25) is 11.8 Å². The maximum absolute atomic E-state index is 13.5. The van der Waals surface area contributed by atoms with Gasteiger partial charge in [-0.15, -0.1) is 0 Å². The second kappa shape index (κ2) is 6.50. The van der Waals surface area contributed by atoms with Crippen molar-refractivity contribution in [3.8, 4) is 0 Å². The van der Waals surface area contributed by atoms with Crippen LogP contribution in [0.25, 0.3) is 0 Å². The second-order valence-electron chi connectivity index (χ2n) is 5.74. The molecule has 1 atom stereocenters. The number of carbonyl (C=O) groups excluding carboxylic acids is 2. The highest BCUT2D eigenvalue weighted by Crippen LogP contribution is 2.16. The minimum atomic E-state index is -0.544. The molecule has 0 aliphatic heterocycles. The molecule has 4 nitrogen and oxygen atoms in total. The van der Waals surface area contributed by atoms with Crippen LogP contribution in [0.3, 0.4) is 0 Å². The molecule has 0 saturated carbocycles. The number of benzene rings is 1. The molecule has 0 bridgehead atoms. The fourth-order valence-corrected chi connectivity index (χ4v) is 1.62. The van der Waals surface area contributed by atoms with E-state index in [1.54, 1.807) is 45.9 Å². The Bertz CT molecular complexity index is 495. The van der Waals surface area contributed by atoms with Gasteiger partial charge < -0.3 is 10.6 Å². The molecule has 0 spiro atoms. The summed E-state index contributed by atoms with van der Waals surface area (Å²) < 4.78 is 13.5. The monoisotopic (exact) mass is 280 g/mol. The van der Waals surface area contributed by atoms with E-state index in [2.05, 4.69) is 10.6 Å². The highest BCUT2D eigenvalue weighted by atomic mass is 19.1. The lowest BCUT2D eigenvalue weighted by atomic mass is 9.96. The Hall–Kier alpha value is -1.91. The Morgan fingerprint density at radius 1 is 1.25 bits per heavy atom. The van der Waals surface area contributed by atoms with Gasteiger partial charge in [0.15, 0.2) is 0 Å². The Kier molecular flexibility index (Phi) is 5.25. The summed E-state index contributed by atoms with van der Waals surface area (Å²) in [6.07, 6.45) is 0. The van der Waals surface area contributed by atoms with Crippen LogP contribution in [0.15, 0.2) is 24.3 Å². The first-order valence-electron chi connectivity index (χ1n) is 6.54. The van der Waals surface area contributed by atoms with Gasteiger partial charge in [-0.3, -0.25) is 9.59 Å². The normalized spacial score (nSPS) is 12.7. The van der Waals surface area contributed by atoms with E-state index in [1.807, 2.05) is 0 Å². The molecule has 0 heterocycles. The lowest BCUT2D eigenvalue weighted by Gasteiger charge is -2.19. The van der Waals surface area contributed by atoms with Crippen molar-refractivity contribution >= 4 is 11.8 Å². The number of carbonyl (C=O) groups is 2. The van der Waals surface area contributed by atoms with Crippen molar-refractivity contribution in [2.24, 2.45) is 5.41 Å². The van der Waals surface area contributed by atoms with Crippen LogP contribution >= 0.6 is 0 Å². The van der Waals surface area contributed by atoms with Crippen molar-refractivity contribution in [3.63, 3.8) is 0 Å². The molecule has 0 aliphatic rings. The zero-order valence-electron chi connectivity index (χ0n) is 12.3. The Labute approximate surface area is 118 Å². The third-order valence-electron chi connectivity index (χ3n) is 2.84. The number of amides is 2. The van der Waals surface area contributed by atoms with Gasteiger partial charge >= 0.3 is 0 Å². The van der Waals surface area contributed by atoms with E-state index in [1.165, 1.54) is 6.07 Å². The number of hydrogen-bond acceptors (Lipinski definition) is 2. The van der Waals surface area contributed by atoms with E-state index in [0.717, 1.165) is 0 Å².